The van der Waals surface area contributed by atoms with E-state index in [0.717, 1.165) is 6.42 Å². The molecule has 1 aliphatic rings. The fraction of sp³-hybridized carbons (Fsp3) is 0.889. The molecule has 3 atom stereocenters. The lowest BCUT2D eigenvalue weighted by Crippen LogP contribution is -2.53. The van der Waals surface area contributed by atoms with E-state index in [1.807, 2.05) is 6.92 Å². The summed E-state index contributed by atoms with van der Waals surface area (Å²) in [4.78, 5) is 0. The van der Waals surface area contributed by atoms with Gasteiger partial charge in [0, 0.05) is 12.5 Å². The Morgan fingerprint density at radius 2 is 2.21 bits per heavy atom. The van der Waals surface area contributed by atoms with Gasteiger partial charge < -0.3 is 21.3 Å². The van der Waals surface area contributed by atoms with Gasteiger partial charge in [-0.25, -0.2) is 0 Å². The number of rotatable bonds is 4. The molecule has 82 valence electrons. The van der Waals surface area contributed by atoms with Gasteiger partial charge in [-0.3, -0.25) is 5.41 Å². The number of nitrogens with one attached hydrogen (secondary N) is 2. The summed E-state index contributed by atoms with van der Waals surface area (Å²) in [6.07, 6.45) is 1.38. The highest BCUT2D eigenvalue weighted by atomic mass is 16.3. The fourth-order valence-corrected chi connectivity index (χ4v) is 1.79. The lowest BCUT2D eigenvalue weighted by atomic mass is 9.90. The van der Waals surface area contributed by atoms with E-state index in [1.165, 1.54) is 0 Å². The Balaban J connectivity index is 2.52. The number of aliphatic hydroxyl groups is 2. The van der Waals surface area contributed by atoms with E-state index in [2.05, 4.69) is 5.32 Å². The van der Waals surface area contributed by atoms with Crippen molar-refractivity contribution in [3.63, 3.8) is 0 Å². The Morgan fingerprint density at radius 3 is 2.64 bits per heavy atom. The number of nitrogens with two attached hydrogens (primary N) is 1. The van der Waals surface area contributed by atoms with Crippen LogP contribution >= 0.6 is 0 Å². The minimum Gasteiger partial charge on any atom is -0.396 e. The van der Waals surface area contributed by atoms with Crippen molar-refractivity contribution in [2.75, 3.05) is 6.61 Å². The zero-order valence-electron chi connectivity index (χ0n) is 8.45. The maximum absolute atomic E-state index is 9.54. The molecule has 0 spiro atoms. The summed E-state index contributed by atoms with van der Waals surface area (Å²) in [5.41, 5.74) is 5.34. The molecule has 0 aromatic rings. The lowest BCUT2D eigenvalue weighted by Gasteiger charge is -2.29. The molecule has 0 amide bonds. The van der Waals surface area contributed by atoms with Crippen LogP contribution in [0.3, 0.4) is 0 Å². The summed E-state index contributed by atoms with van der Waals surface area (Å²) in [6.45, 7) is 1.99. The maximum Gasteiger partial charge on any atom is 0.125 e. The Hall–Kier alpha value is -0.650. The highest BCUT2D eigenvalue weighted by molar-refractivity contribution is 5.87. The van der Waals surface area contributed by atoms with Crippen LogP contribution in [0.15, 0.2) is 0 Å². The van der Waals surface area contributed by atoms with Crippen molar-refractivity contribution in [2.45, 2.75) is 38.0 Å². The number of aliphatic hydroxyl groups excluding tert-OH is 2. The van der Waals surface area contributed by atoms with Gasteiger partial charge >= 0.3 is 0 Å². The molecule has 0 aromatic carbocycles. The molecule has 0 radical (unpaired) electrons. The van der Waals surface area contributed by atoms with Gasteiger partial charge in [0.05, 0.1) is 5.66 Å². The largest absolute Gasteiger partial charge is 0.396 e. The summed E-state index contributed by atoms with van der Waals surface area (Å²) in [6, 6.07) is 0. The molecule has 0 aromatic heterocycles. The van der Waals surface area contributed by atoms with Gasteiger partial charge in [-0.1, -0.05) is 6.92 Å². The van der Waals surface area contributed by atoms with Crippen LogP contribution in [0.4, 0.5) is 0 Å². The molecule has 5 nitrogen and oxygen atoms in total. The number of amidine groups is 1. The first kappa shape index (κ1) is 11.4. The van der Waals surface area contributed by atoms with Crippen molar-refractivity contribution in [3.8, 4) is 0 Å². The normalized spacial score (nSPS) is 37.3. The molecule has 6 N–H and O–H groups in total. The van der Waals surface area contributed by atoms with E-state index in [4.69, 9.17) is 16.2 Å². The van der Waals surface area contributed by atoms with Crippen molar-refractivity contribution in [1.82, 2.24) is 5.32 Å². The van der Waals surface area contributed by atoms with E-state index in [1.54, 1.807) is 0 Å². The Morgan fingerprint density at radius 1 is 1.57 bits per heavy atom. The third-order valence-corrected chi connectivity index (χ3v) is 2.95. The van der Waals surface area contributed by atoms with E-state index in [-0.39, 0.29) is 18.4 Å². The zero-order valence-corrected chi connectivity index (χ0v) is 8.45. The molecule has 5 heteroatoms. The van der Waals surface area contributed by atoms with Gasteiger partial charge in [-0.2, -0.15) is 0 Å². The first-order valence-electron chi connectivity index (χ1n) is 4.95. The average Bonchev–Trinajstić information content (AvgIpc) is 2.32. The zero-order chi connectivity index (χ0) is 10.8. The molecule has 1 aliphatic heterocycles. The van der Waals surface area contributed by atoms with E-state index in [9.17, 15) is 5.11 Å². The molecule has 14 heavy (non-hydrogen) atoms. The molecular formula is C9H19N3O2. The van der Waals surface area contributed by atoms with Gasteiger partial charge in [-0.15, -0.1) is 0 Å². The molecule has 1 heterocycles. The molecular weight excluding hydrogens is 182 g/mol. The van der Waals surface area contributed by atoms with Gasteiger partial charge in [-0.05, 0) is 19.3 Å². The average molecular weight is 201 g/mol. The van der Waals surface area contributed by atoms with Crippen molar-refractivity contribution in [2.24, 2.45) is 11.7 Å². The SMILES string of the molecule is CC1C(O)C(=N)NC1(N)CCCCO. The van der Waals surface area contributed by atoms with Crippen LogP contribution < -0.4 is 11.1 Å². The topological polar surface area (TPSA) is 102 Å². The van der Waals surface area contributed by atoms with Crippen LogP contribution in [0.5, 0.6) is 0 Å². The second kappa shape index (κ2) is 4.25. The molecule has 1 fully saturated rings. The predicted molar refractivity (Wildman–Crippen MR) is 53.9 cm³/mol. The highest BCUT2D eigenvalue weighted by Gasteiger charge is 2.44. The number of unbranched alkanes of at least 4 members (excludes halogenated alkanes) is 1. The van der Waals surface area contributed by atoms with Crippen LogP contribution in [-0.2, 0) is 0 Å². The first-order valence-corrected chi connectivity index (χ1v) is 4.95. The van der Waals surface area contributed by atoms with Crippen molar-refractivity contribution in [3.05, 3.63) is 0 Å². The van der Waals surface area contributed by atoms with Crippen LogP contribution in [0.1, 0.15) is 26.2 Å². The summed E-state index contributed by atoms with van der Waals surface area (Å²) in [7, 11) is 0. The van der Waals surface area contributed by atoms with Crippen molar-refractivity contribution in [1.29, 1.82) is 5.41 Å². The van der Waals surface area contributed by atoms with Crippen LogP contribution in [0, 0.1) is 11.3 Å². The Labute approximate surface area is 83.8 Å². The maximum atomic E-state index is 9.54. The quantitative estimate of drug-likeness (QED) is 0.391. The van der Waals surface area contributed by atoms with Crippen molar-refractivity contribution < 1.29 is 10.2 Å². The monoisotopic (exact) mass is 201 g/mol. The molecule has 0 bridgehead atoms. The summed E-state index contributed by atoms with van der Waals surface area (Å²) < 4.78 is 0. The molecule has 1 saturated heterocycles. The minimum absolute atomic E-state index is 0.101. The second-order valence-electron chi connectivity index (χ2n) is 3.99. The van der Waals surface area contributed by atoms with E-state index < -0.39 is 11.8 Å². The second-order valence-corrected chi connectivity index (χ2v) is 3.99. The Bertz CT molecular complexity index is 222. The molecule has 0 aliphatic carbocycles. The van der Waals surface area contributed by atoms with Crippen LogP contribution in [-0.4, -0.2) is 34.4 Å². The van der Waals surface area contributed by atoms with Gasteiger partial charge in [0.2, 0.25) is 0 Å². The number of hydrogen-bond donors (Lipinski definition) is 5. The van der Waals surface area contributed by atoms with Gasteiger partial charge in [0.25, 0.3) is 0 Å². The fourth-order valence-electron chi connectivity index (χ4n) is 1.79. The van der Waals surface area contributed by atoms with E-state index in [0.29, 0.717) is 12.8 Å². The Kier molecular flexibility index (Phi) is 3.47. The summed E-state index contributed by atoms with van der Waals surface area (Å²) in [5, 5.41) is 28.4. The van der Waals surface area contributed by atoms with Gasteiger partial charge in [0.15, 0.2) is 0 Å². The molecule has 1 rings (SSSR count). The third-order valence-electron chi connectivity index (χ3n) is 2.95. The van der Waals surface area contributed by atoms with E-state index >= 15 is 0 Å². The molecule has 3 unspecified atom stereocenters. The van der Waals surface area contributed by atoms with Crippen molar-refractivity contribution >= 4 is 5.84 Å². The smallest absolute Gasteiger partial charge is 0.125 e. The first-order chi connectivity index (χ1) is 6.51. The number of hydrogen-bond acceptors (Lipinski definition) is 4. The standard InChI is InChI=1S/C9H19N3O2/c1-6-7(14)8(10)12-9(6,11)4-2-3-5-13/h6-7,13-14H,2-5,11H2,1H3,(H2,10,12). The molecule has 0 saturated carbocycles. The minimum atomic E-state index is -0.783. The summed E-state index contributed by atoms with van der Waals surface area (Å²) >= 11 is 0. The summed E-state index contributed by atoms with van der Waals surface area (Å²) in [5.74, 6) is -0.0577. The predicted octanol–water partition coefficient (Wildman–Crippen LogP) is -0.619. The van der Waals surface area contributed by atoms with Gasteiger partial charge in [0.1, 0.15) is 11.9 Å². The van der Waals surface area contributed by atoms with Crippen LogP contribution in [0.2, 0.25) is 0 Å². The third kappa shape index (κ3) is 2.05. The lowest BCUT2D eigenvalue weighted by molar-refractivity contribution is 0.138. The highest BCUT2D eigenvalue weighted by Crippen LogP contribution is 2.27. The van der Waals surface area contributed by atoms with Crippen LogP contribution in [0.25, 0.3) is 0 Å².